The van der Waals surface area contributed by atoms with Crippen LogP contribution in [0.1, 0.15) is 9.67 Å². The fourth-order valence-electron chi connectivity index (χ4n) is 1.90. The predicted molar refractivity (Wildman–Crippen MR) is 88.8 cm³/mol. The molecule has 0 fully saturated rings. The number of halogens is 1. The molecule has 0 aliphatic rings. The average molecular weight is 364 g/mol. The number of aromatic nitrogens is 1. The molecule has 0 bridgehead atoms. The highest BCUT2D eigenvalue weighted by molar-refractivity contribution is 9.10. The highest BCUT2D eigenvalue weighted by atomic mass is 79.9. The Hall–Kier alpha value is -1.17. The topological polar surface area (TPSA) is 30.0 Å². The van der Waals surface area contributed by atoms with Gasteiger partial charge in [0.25, 0.3) is 0 Å². The number of thioether (sulfide) groups is 1. The van der Waals surface area contributed by atoms with Gasteiger partial charge in [0, 0.05) is 21.0 Å². The monoisotopic (exact) mass is 363 g/mol. The number of rotatable bonds is 4. The molecule has 100 valence electrons. The molecule has 0 aliphatic heterocycles. The summed E-state index contributed by atoms with van der Waals surface area (Å²) in [4.78, 5) is 18.4. The van der Waals surface area contributed by atoms with Crippen LogP contribution < -0.4 is 0 Å². The maximum Gasteiger partial charge on any atom is 0.184 e. The van der Waals surface area contributed by atoms with Gasteiger partial charge >= 0.3 is 0 Å². The van der Waals surface area contributed by atoms with E-state index in [1.165, 1.54) is 11.3 Å². The highest BCUT2D eigenvalue weighted by Crippen LogP contribution is 2.29. The van der Waals surface area contributed by atoms with Crippen LogP contribution in [0.15, 0.2) is 57.3 Å². The van der Waals surface area contributed by atoms with E-state index in [0.29, 0.717) is 5.75 Å². The molecule has 2 nitrogen and oxygen atoms in total. The molecule has 1 aromatic carbocycles. The van der Waals surface area contributed by atoms with Crippen LogP contribution in [0.4, 0.5) is 0 Å². The van der Waals surface area contributed by atoms with Crippen molar-refractivity contribution >= 4 is 55.7 Å². The Morgan fingerprint density at radius 3 is 2.90 bits per heavy atom. The second-order valence-corrected chi connectivity index (χ2v) is 6.92. The van der Waals surface area contributed by atoms with Gasteiger partial charge in [-0.25, -0.2) is 0 Å². The number of para-hydroxylation sites is 1. The smallest absolute Gasteiger partial charge is 0.184 e. The zero-order valence-electron chi connectivity index (χ0n) is 10.4. The summed E-state index contributed by atoms with van der Waals surface area (Å²) in [6.07, 6.45) is 1.79. The molecule has 5 heteroatoms. The average Bonchev–Trinajstić information content (AvgIpc) is 2.91. The molecule has 0 atom stereocenters. The van der Waals surface area contributed by atoms with Crippen molar-refractivity contribution in [2.24, 2.45) is 0 Å². The molecule has 2 aromatic heterocycles. The van der Waals surface area contributed by atoms with Crippen molar-refractivity contribution in [1.29, 1.82) is 0 Å². The minimum Gasteiger partial charge on any atom is -0.292 e. The minimum absolute atomic E-state index is 0.151. The number of hydrogen-bond acceptors (Lipinski definition) is 4. The maximum absolute atomic E-state index is 12.2. The van der Waals surface area contributed by atoms with Crippen LogP contribution in [0.5, 0.6) is 0 Å². The lowest BCUT2D eigenvalue weighted by Gasteiger charge is -2.04. The first-order chi connectivity index (χ1) is 9.75. The van der Waals surface area contributed by atoms with Gasteiger partial charge in [0.2, 0.25) is 0 Å². The summed E-state index contributed by atoms with van der Waals surface area (Å²) in [6, 6.07) is 11.9. The SMILES string of the molecule is O=C(CSc1ccnc2ccccc12)c1sccc1Br. The van der Waals surface area contributed by atoms with Crippen molar-refractivity contribution in [2.75, 3.05) is 5.75 Å². The summed E-state index contributed by atoms with van der Waals surface area (Å²) >= 11 is 6.44. The van der Waals surface area contributed by atoms with Crippen molar-refractivity contribution in [3.8, 4) is 0 Å². The van der Waals surface area contributed by atoms with Crippen LogP contribution in [0.25, 0.3) is 10.9 Å². The molecule has 0 saturated heterocycles. The van der Waals surface area contributed by atoms with E-state index in [2.05, 4.69) is 20.9 Å². The quantitative estimate of drug-likeness (QED) is 0.480. The molecule has 3 aromatic rings. The lowest BCUT2D eigenvalue weighted by Crippen LogP contribution is -2.00. The lowest BCUT2D eigenvalue weighted by molar-refractivity contribution is 0.102. The third-order valence-electron chi connectivity index (χ3n) is 2.84. The van der Waals surface area contributed by atoms with E-state index < -0.39 is 0 Å². The molecule has 0 radical (unpaired) electrons. The lowest BCUT2D eigenvalue weighted by atomic mass is 10.2. The number of benzene rings is 1. The van der Waals surface area contributed by atoms with Crippen LogP contribution in [-0.2, 0) is 0 Å². The van der Waals surface area contributed by atoms with Crippen molar-refractivity contribution in [3.63, 3.8) is 0 Å². The first-order valence-electron chi connectivity index (χ1n) is 5.98. The zero-order valence-corrected chi connectivity index (χ0v) is 13.6. The number of hydrogen-bond donors (Lipinski definition) is 0. The van der Waals surface area contributed by atoms with E-state index in [1.807, 2.05) is 41.8 Å². The largest absolute Gasteiger partial charge is 0.292 e. The molecule has 2 heterocycles. The van der Waals surface area contributed by atoms with E-state index in [1.54, 1.807) is 18.0 Å². The fourth-order valence-corrected chi connectivity index (χ4v) is 4.44. The highest BCUT2D eigenvalue weighted by Gasteiger charge is 2.12. The summed E-state index contributed by atoms with van der Waals surface area (Å²) < 4.78 is 0.882. The first kappa shape index (κ1) is 13.8. The van der Waals surface area contributed by atoms with Crippen molar-refractivity contribution in [2.45, 2.75) is 4.90 Å². The summed E-state index contributed by atoms with van der Waals surface area (Å²) in [6.45, 7) is 0. The summed E-state index contributed by atoms with van der Waals surface area (Å²) in [5.41, 5.74) is 0.960. The molecular weight excluding hydrogens is 354 g/mol. The van der Waals surface area contributed by atoms with Crippen molar-refractivity contribution < 1.29 is 4.79 Å². The number of ketones is 1. The number of Topliss-reactive ketones (excluding diaryl/α,β-unsaturated/α-hetero) is 1. The van der Waals surface area contributed by atoms with Gasteiger partial charge in [-0.2, -0.15) is 0 Å². The molecule has 0 amide bonds. The molecule has 0 saturated carbocycles. The Morgan fingerprint density at radius 1 is 1.25 bits per heavy atom. The Labute approximate surface area is 133 Å². The fraction of sp³-hybridized carbons (Fsp3) is 0.0667. The number of nitrogens with zero attached hydrogens (tertiary/aromatic N) is 1. The zero-order chi connectivity index (χ0) is 13.9. The van der Waals surface area contributed by atoms with Crippen molar-refractivity contribution in [3.05, 3.63) is 57.3 Å². The van der Waals surface area contributed by atoms with Gasteiger partial charge < -0.3 is 0 Å². The molecule has 20 heavy (non-hydrogen) atoms. The maximum atomic E-state index is 12.2. The number of fused-ring (bicyclic) bond motifs is 1. The van der Waals surface area contributed by atoms with Crippen LogP contribution in [0, 0.1) is 0 Å². The van der Waals surface area contributed by atoms with Gasteiger partial charge in [0.15, 0.2) is 5.78 Å². The Balaban J connectivity index is 1.81. The minimum atomic E-state index is 0.151. The Kier molecular flexibility index (Phi) is 4.19. The molecule has 0 N–H and O–H groups in total. The van der Waals surface area contributed by atoms with E-state index in [-0.39, 0.29) is 5.78 Å². The van der Waals surface area contributed by atoms with Crippen molar-refractivity contribution in [1.82, 2.24) is 4.98 Å². The van der Waals surface area contributed by atoms with Crippen LogP contribution in [-0.4, -0.2) is 16.5 Å². The number of thiophene rings is 1. The van der Waals surface area contributed by atoms with Crippen LogP contribution in [0.3, 0.4) is 0 Å². The van der Waals surface area contributed by atoms with E-state index in [4.69, 9.17) is 0 Å². The van der Waals surface area contributed by atoms with Gasteiger partial charge in [-0.15, -0.1) is 23.1 Å². The molecule has 0 unspecified atom stereocenters. The Bertz CT molecular complexity index is 764. The second-order valence-electron chi connectivity index (χ2n) is 4.14. The molecule has 0 aliphatic carbocycles. The number of carbonyl (C=O) groups excluding carboxylic acids is 1. The predicted octanol–water partition coefficient (Wildman–Crippen LogP) is 5.03. The summed E-state index contributed by atoms with van der Waals surface area (Å²) in [5, 5.41) is 3.02. The normalized spacial score (nSPS) is 10.8. The molecule has 0 spiro atoms. The van der Waals surface area contributed by atoms with Crippen LogP contribution in [0.2, 0.25) is 0 Å². The molecular formula is C15H10BrNOS2. The number of carbonyl (C=O) groups is 1. The Morgan fingerprint density at radius 2 is 2.10 bits per heavy atom. The van der Waals surface area contributed by atoms with Gasteiger partial charge in [-0.05, 0) is 39.5 Å². The van der Waals surface area contributed by atoms with Gasteiger partial charge in [-0.1, -0.05) is 18.2 Å². The standard InChI is InChI=1S/C15H10BrNOS2/c16-11-6-8-19-15(11)13(18)9-20-14-5-7-17-12-4-2-1-3-10(12)14/h1-8H,9H2. The van der Waals surface area contributed by atoms with Crippen LogP contribution >= 0.6 is 39.0 Å². The number of pyridine rings is 1. The first-order valence-corrected chi connectivity index (χ1v) is 8.64. The van der Waals surface area contributed by atoms with Gasteiger partial charge in [-0.3, -0.25) is 9.78 Å². The van der Waals surface area contributed by atoms with E-state index in [9.17, 15) is 4.79 Å². The van der Waals surface area contributed by atoms with Gasteiger partial charge in [0.05, 0.1) is 16.1 Å². The molecule has 3 rings (SSSR count). The third-order valence-corrected chi connectivity index (χ3v) is 5.79. The summed E-state index contributed by atoms with van der Waals surface area (Å²) in [5.74, 6) is 0.588. The summed E-state index contributed by atoms with van der Waals surface area (Å²) in [7, 11) is 0. The van der Waals surface area contributed by atoms with E-state index in [0.717, 1.165) is 25.1 Å². The van der Waals surface area contributed by atoms with Gasteiger partial charge in [0.1, 0.15) is 0 Å². The second kappa shape index (κ2) is 6.08. The third kappa shape index (κ3) is 2.80. The van der Waals surface area contributed by atoms with E-state index >= 15 is 0 Å².